The SMILES string of the molecule is CCC(CO)(CO)Nc1ccc(N)cc1C(F)F. The number of aliphatic hydroxyl groups is 2. The first-order valence-corrected chi connectivity index (χ1v) is 5.65. The van der Waals surface area contributed by atoms with Crippen LogP contribution in [0.25, 0.3) is 0 Å². The highest BCUT2D eigenvalue weighted by atomic mass is 19.3. The van der Waals surface area contributed by atoms with Gasteiger partial charge in [0.1, 0.15) is 0 Å². The van der Waals surface area contributed by atoms with Gasteiger partial charge in [-0.15, -0.1) is 0 Å². The second-order valence-corrected chi connectivity index (χ2v) is 4.22. The van der Waals surface area contributed by atoms with E-state index in [-0.39, 0.29) is 30.2 Å². The average molecular weight is 260 g/mol. The molecular weight excluding hydrogens is 242 g/mol. The molecule has 0 radical (unpaired) electrons. The number of aliphatic hydroxyl groups excluding tert-OH is 2. The van der Waals surface area contributed by atoms with Gasteiger partial charge in [-0.3, -0.25) is 0 Å². The Kier molecular flexibility index (Phi) is 4.86. The van der Waals surface area contributed by atoms with Gasteiger partial charge >= 0.3 is 0 Å². The molecule has 0 amide bonds. The third-order valence-electron chi connectivity index (χ3n) is 2.99. The summed E-state index contributed by atoms with van der Waals surface area (Å²) in [4.78, 5) is 0. The molecule has 6 heteroatoms. The smallest absolute Gasteiger partial charge is 0.265 e. The molecule has 0 aliphatic rings. The first kappa shape index (κ1) is 14.7. The number of rotatable bonds is 6. The Morgan fingerprint density at radius 1 is 1.33 bits per heavy atom. The largest absolute Gasteiger partial charge is 0.399 e. The lowest BCUT2D eigenvalue weighted by Gasteiger charge is -2.32. The first-order valence-electron chi connectivity index (χ1n) is 5.65. The van der Waals surface area contributed by atoms with E-state index in [1.54, 1.807) is 6.92 Å². The van der Waals surface area contributed by atoms with Crippen LogP contribution in [0.4, 0.5) is 20.2 Å². The van der Waals surface area contributed by atoms with Crippen LogP contribution in [-0.2, 0) is 0 Å². The van der Waals surface area contributed by atoms with Gasteiger partial charge in [0.05, 0.1) is 18.8 Å². The van der Waals surface area contributed by atoms with Crippen molar-refractivity contribution in [2.24, 2.45) is 0 Å². The molecule has 1 rings (SSSR count). The van der Waals surface area contributed by atoms with Crippen LogP contribution in [0.2, 0.25) is 0 Å². The molecule has 1 aromatic carbocycles. The van der Waals surface area contributed by atoms with Crippen molar-refractivity contribution in [2.75, 3.05) is 24.3 Å². The highest BCUT2D eigenvalue weighted by Crippen LogP contribution is 2.31. The minimum Gasteiger partial charge on any atom is -0.399 e. The number of nitrogens with two attached hydrogens (primary N) is 1. The van der Waals surface area contributed by atoms with Crippen molar-refractivity contribution >= 4 is 11.4 Å². The monoisotopic (exact) mass is 260 g/mol. The molecule has 18 heavy (non-hydrogen) atoms. The number of hydrogen-bond acceptors (Lipinski definition) is 4. The van der Waals surface area contributed by atoms with Crippen molar-refractivity contribution in [3.63, 3.8) is 0 Å². The molecule has 0 bridgehead atoms. The Morgan fingerprint density at radius 2 is 1.94 bits per heavy atom. The Labute approximate surface area is 104 Å². The molecule has 0 atom stereocenters. The zero-order chi connectivity index (χ0) is 13.8. The van der Waals surface area contributed by atoms with Crippen molar-refractivity contribution in [3.8, 4) is 0 Å². The van der Waals surface area contributed by atoms with Crippen molar-refractivity contribution in [2.45, 2.75) is 25.3 Å². The third-order valence-corrected chi connectivity index (χ3v) is 2.99. The Hall–Kier alpha value is -1.40. The molecule has 0 heterocycles. The summed E-state index contributed by atoms with van der Waals surface area (Å²) in [5.41, 5.74) is 4.62. The van der Waals surface area contributed by atoms with Crippen LogP contribution in [0.15, 0.2) is 18.2 Å². The minimum absolute atomic E-state index is 0.171. The number of benzene rings is 1. The molecule has 4 nitrogen and oxygen atoms in total. The fourth-order valence-electron chi connectivity index (χ4n) is 1.60. The lowest BCUT2D eigenvalue weighted by atomic mass is 9.97. The highest BCUT2D eigenvalue weighted by Gasteiger charge is 2.28. The summed E-state index contributed by atoms with van der Waals surface area (Å²) in [6.07, 6.45) is -2.28. The Bertz CT molecular complexity index is 387. The minimum atomic E-state index is -2.68. The molecular formula is C12H18F2N2O2. The predicted octanol–water partition coefficient (Wildman–Crippen LogP) is 1.75. The quantitative estimate of drug-likeness (QED) is 0.588. The van der Waals surface area contributed by atoms with Gasteiger partial charge in [0.2, 0.25) is 0 Å². The van der Waals surface area contributed by atoms with Crippen LogP contribution in [0.1, 0.15) is 25.3 Å². The van der Waals surface area contributed by atoms with Gasteiger partial charge in [-0.25, -0.2) is 8.78 Å². The third kappa shape index (κ3) is 3.08. The lowest BCUT2D eigenvalue weighted by Crippen LogP contribution is -2.45. The van der Waals surface area contributed by atoms with Gasteiger partial charge in [-0.05, 0) is 24.6 Å². The van der Waals surface area contributed by atoms with Gasteiger partial charge in [-0.2, -0.15) is 0 Å². The molecule has 5 N–H and O–H groups in total. The molecule has 0 aromatic heterocycles. The second-order valence-electron chi connectivity index (χ2n) is 4.22. The van der Waals surface area contributed by atoms with Gasteiger partial charge in [0.15, 0.2) is 0 Å². The molecule has 102 valence electrons. The summed E-state index contributed by atoms with van der Waals surface area (Å²) in [5, 5.41) is 21.4. The van der Waals surface area contributed by atoms with Crippen LogP contribution in [0.3, 0.4) is 0 Å². The van der Waals surface area contributed by atoms with Crippen LogP contribution < -0.4 is 11.1 Å². The number of hydrogen-bond donors (Lipinski definition) is 4. The molecule has 0 unspecified atom stereocenters. The van der Waals surface area contributed by atoms with Gasteiger partial charge in [0, 0.05) is 16.9 Å². The molecule has 1 aromatic rings. The van der Waals surface area contributed by atoms with Crippen molar-refractivity contribution in [1.82, 2.24) is 0 Å². The average Bonchev–Trinajstić information content (AvgIpc) is 2.37. The van der Waals surface area contributed by atoms with E-state index in [0.29, 0.717) is 6.42 Å². The predicted molar refractivity (Wildman–Crippen MR) is 66.6 cm³/mol. The van der Waals surface area contributed by atoms with Gasteiger partial charge in [0.25, 0.3) is 6.43 Å². The standard InChI is InChI=1S/C12H18F2N2O2/c1-2-12(6-17,7-18)16-10-4-3-8(15)5-9(10)11(13)14/h3-5,11,16-18H,2,6-7,15H2,1H3. The Balaban J connectivity index is 3.09. The van der Waals surface area contributed by atoms with Crippen LogP contribution >= 0.6 is 0 Å². The summed E-state index contributed by atoms with van der Waals surface area (Å²) in [6.45, 7) is 1.04. The van der Waals surface area contributed by atoms with Gasteiger partial charge in [-0.1, -0.05) is 6.92 Å². The number of halogens is 2. The number of nitrogens with one attached hydrogen (secondary N) is 1. The fourth-order valence-corrected chi connectivity index (χ4v) is 1.60. The van der Waals surface area contributed by atoms with E-state index in [1.165, 1.54) is 18.2 Å². The van der Waals surface area contributed by atoms with E-state index in [4.69, 9.17) is 5.73 Å². The van der Waals surface area contributed by atoms with E-state index in [9.17, 15) is 19.0 Å². The molecule has 0 aliphatic heterocycles. The van der Waals surface area contributed by atoms with Crippen molar-refractivity contribution < 1.29 is 19.0 Å². The molecule has 0 fully saturated rings. The van der Waals surface area contributed by atoms with Crippen LogP contribution in [-0.4, -0.2) is 29.0 Å². The first-order chi connectivity index (χ1) is 8.48. The van der Waals surface area contributed by atoms with Crippen molar-refractivity contribution in [1.29, 1.82) is 0 Å². The topological polar surface area (TPSA) is 78.5 Å². The second kappa shape index (κ2) is 5.97. The number of alkyl halides is 2. The summed E-state index contributed by atoms with van der Waals surface area (Å²) < 4.78 is 25.7. The van der Waals surface area contributed by atoms with Crippen LogP contribution in [0.5, 0.6) is 0 Å². The lowest BCUT2D eigenvalue weighted by molar-refractivity contribution is 0.130. The zero-order valence-electron chi connectivity index (χ0n) is 10.2. The maximum absolute atomic E-state index is 12.9. The Morgan fingerprint density at radius 3 is 2.39 bits per heavy atom. The normalized spacial score (nSPS) is 11.9. The summed E-state index contributed by atoms with van der Waals surface area (Å²) >= 11 is 0. The van der Waals surface area contributed by atoms with Crippen LogP contribution in [0, 0.1) is 0 Å². The molecule has 0 saturated carbocycles. The molecule has 0 spiro atoms. The summed E-state index contributed by atoms with van der Waals surface area (Å²) in [5.74, 6) is 0. The highest BCUT2D eigenvalue weighted by molar-refractivity contribution is 5.59. The zero-order valence-corrected chi connectivity index (χ0v) is 10.2. The van der Waals surface area contributed by atoms with E-state index in [0.717, 1.165) is 0 Å². The maximum atomic E-state index is 12.9. The van der Waals surface area contributed by atoms with E-state index in [1.807, 2.05) is 0 Å². The molecule has 0 saturated heterocycles. The number of nitrogen functional groups attached to an aromatic ring is 1. The maximum Gasteiger partial charge on any atom is 0.265 e. The fraction of sp³-hybridized carbons (Fsp3) is 0.500. The summed E-state index contributed by atoms with van der Waals surface area (Å²) in [7, 11) is 0. The van der Waals surface area contributed by atoms with E-state index >= 15 is 0 Å². The summed E-state index contributed by atoms with van der Waals surface area (Å²) in [6, 6.07) is 4.10. The van der Waals surface area contributed by atoms with Crippen molar-refractivity contribution in [3.05, 3.63) is 23.8 Å². The number of anilines is 2. The molecule has 0 aliphatic carbocycles. The van der Waals surface area contributed by atoms with Gasteiger partial charge < -0.3 is 21.3 Å². The van der Waals surface area contributed by atoms with E-state index < -0.39 is 12.0 Å². The van der Waals surface area contributed by atoms with E-state index in [2.05, 4.69) is 5.32 Å².